The van der Waals surface area contributed by atoms with Gasteiger partial charge < -0.3 is 15.5 Å². The van der Waals surface area contributed by atoms with Crippen LogP contribution in [0.5, 0.6) is 0 Å². The smallest absolute Gasteiger partial charge is 0.254 e. The first kappa shape index (κ1) is 15.0. The van der Waals surface area contributed by atoms with E-state index in [-0.39, 0.29) is 24.3 Å². The summed E-state index contributed by atoms with van der Waals surface area (Å²) in [7, 11) is 0. The second-order valence-corrected chi connectivity index (χ2v) is 5.42. The van der Waals surface area contributed by atoms with Gasteiger partial charge >= 0.3 is 0 Å². The number of furan rings is 1. The molecule has 1 atom stereocenters. The van der Waals surface area contributed by atoms with Gasteiger partial charge in [-0.05, 0) is 32.9 Å². The Hall–Kier alpha value is -2.90. The van der Waals surface area contributed by atoms with Crippen LogP contribution < -0.4 is 11.1 Å². The number of hydrogen-bond acceptors (Lipinski definition) is 6. The van der Waals surface area contributed by atoms with Gasteiger partial charge in [0, 0.05) is 17.0 Å². The van der Waals surface area contributed by atoms with Gasteiger partial charge in [0.2, 0.25) is 11.9 Å². The van der Waals surface area contributed by atoms with E-state index in [2.05, 4.69) is 20.4 Å². The van der Waals surface area contributed by atoms with Crippen molar-refractivity contribution in [3.8, 4) is 0 Å². The molecule has 3 heterocycles. The summed E-state index contributed by atoms with van der Waals surface area (Å²) in [5, 5.41) is 7.01. The summed E-state index contributed by atoms with van der Waals surface area (Å²) in [6.45, 7) is 5.58. The summed E-state index contributed by atoms with van der Waals surface area (Å²) in [5.74, 6) is 1.19. The quantitative estimate of drug-likeness (QED) is 0.751. The molecule has 0 fully saturated rings. The van der Waals surface area contributed by atoms with E-state index in [4.69, 9.17) is 10.2 Å². The van der Waals surface area contributed by atoms with Crippen molar-refractivity contribution in [1.29, 1.82) is 0 Å². The summed E-state index contributed by atoms with van der Waals surface area (Å²) in [4.78, 5) is 20.7. The minimum absolute atomic E-state index is 0.116. The van der Waals surface area contributed by atoms with E-state index in [1.165, 1.54) is 0 Å². The lowest BCUT2D eigenvalue weighted by Gasteiger charge is -2.13. The number of fused-ring (bicyclic) bond motifs is 1. The van der Waals surface area contributed by atoms with Crippen LogP contribution >= 0.6 is 0 Å². The van der Waals surface area contributed by atoms with Crippen LogP contribution in [0.1, 0.15) is 35.7 Å². The second-order valence-electron chi connectivity index (χ2n) is 5.42. The van der Waals surface area contributed by atoms with Gasteiger partial charge in [0.05, 0.1) is 18.7 Å². The van der Waals surface area contributed by atoms with Crippen molar-refractivity contribution in [3.05, 3.63) is 41.1 Å². The Labute approximate surface area is 132 Å². The molecule has 0 saturated heterocycles. The van der Waals surface area contributed by atoms with Crippen LogP contribution in [0.2, 0.25) is 0 Å². The molecule has 0 spiro atoms. The number of carbonyl (C=O) groups excluding carboxylic acids is 1. The fourth-order valence-corrected chi connectivity index (χ4v) is 2.54. The lowest BCUT2D eigenvalue weighted by Crippen LogP contribution is -2.28. The number of anilines is 1. The number of aryl methyl sites for hydroxylation is 2. The van der Waals surface area contributed by atoms with Gasteiger partial charge in [0.1, 0.15) is 5.76 Å². The molecule has 3 N–H and O–H groups in total. The number of nitrogens with two attached hydrogens (primary N) is 1. The largest absolute Gasteiger partial charge is 0.467 e. The van der Waals surface area contributed by atoms with E-state index in [0.717, 1.165) is 17.0 Å². The molecule has 0 aliphatic rings. The highest BCUT2D eigenvalue weighted by Gasteiger charge is 2.17. The molecule has 0 radical (unpaired) electrons. The Morgan fingerprint density at radius 3 is 2.91 bits per heavy atom. The Morgan fingerprint density at radius 2 is 2.22 bits per heavy atom. The number of nitrogens with one attached hydrogen (secondary N) is 1. The maximum absolute atomic E-state index is 12.3. The predicted molar refractivity (Wildman–Crippen MR) is 83.6 cm³/mol. The summed E-state index contributed by atoms with van der Waals surface area (Å²) in [5.41, 5.74) is 7.96. The van der Waals surface area contributed by atoms with Gasteiger partial charge in [-0.15, -0.1) is 5.10 Å². The topological polar surface area (TPSA) is 111 Å². The second kappa shape index (κ2) is 5.71. The number of nitrogen functional groups attached to an aromatic ring is 1. The molecule has 1 amide bonds. The molecule has 0 aromatic carbocycles. The number of rotatable bonds is 4. The van der Waals surface area contributed by atoms with E-state index < -0.39 is 0 Å². The average Bonchev–Trinajstić information content (AvgIpc) is 3.12. The maximum Gasteiger partial charge on any atom is 0.254 e. The summed E-state index contributed by atoms with van der Waals surface area (Å²) < 4.78 is 6.85. The number of hydrogen-bond donors (Lipinski definition) is 2. The van der Waals surface area contributed by atoms with Crippen LogP contribution in [0.15, 0.2) is 22.8 Å². The summed E-state index contributed by atoms with van der Waals surface area (Å²) in [6.07, 6.45) is 1.78. The van der Waals surface area contributed by atoms with Crippen molar-refractivity contribution in [1.82, 2.24) is 24.9 Å². The number of aromatic nitrogens is 4. The van der Waals surface area contributed by atoms with Gasteiger partial charge in [0.25, 0.3) is 5.78 Å². The zero-order chi connectivity index (χ0) is 16.6. The predicted octanol–water partition coefficient (Wildman–Crippen LogP) is 1.34. The number of nitrogens with zero attached hydrogens (tertiary/aromatic N) is 4. The Balaban J connectivity index is 1.82. The van der Waals surface area contributed by atoms with Gasteiger partial charge in [-0.3, -0.25) is 4.79 Å². The normalized spacial score (nSPS) is 12.5. The van der Waals surface area contributed by atoms with Gasteiger partial charge in [0.15, 0.2) is 0 Å². The first-order valence-electron chi connectivity index (χ1n) is 7.27. The molecule has 0 aliphatic carbocycles. The van der Waals surface area contributed by atoms with E-state index in [0.29, 0.717) is 11.5 Å². The molecule has 0 bridgehead atoms. The Bertz CT molecular complexity index is 853. The molecule has 3 rings (SSSR count). The number of amides is 1. The SMILES string of the molecule is Cc1nc2nc(N)nn2c(C)c1CC(=O)NC(C)c1ccco1. The van der Waals surface area contributed by atoms with Crippen molar-refractivity contribution in [2.24, 2.45) is 0 Å². The molecular formula is C15H18N6O2. The molecule has 3 aromatic heterocycles. The highest BCUT2D eigenvalue weighted by molar-refractivity contribution is 5.79. The fraction of sp³-hybridized carbons (Fsp3) is 0.333. The third kappa shape index (κ3) is 2.87. The van der Waals surface area contributed by atoms with E-state index in [9.17, 15) is 4.79 Å². The zero-order valence-electron chi connectivity index (χ0n) is 13.2. The molecular weight excluding hydrogens is 296 g/mol. The standard InChI is InChI=1S/C15H18N6O2/c1-8-11(10(3)21-15(18-8)19-14(16)20-21)7-13(22)17-9(2)12-5-4-6-23-12/h4-6,9H,7H2,1-3H3,(H2,16,20)(H,17,22). The lowest BCUT2D eigenvalue weighted by atomic mass is 10.1. The first-order chi connectivity index (χ1) is 11.0. The van der Waals surface area contributed by atoms with Crippen molar-refractivity contribution < 1.29 is 9.21 Å². The van der Waals surface area contributed by atoms with E-state index in [1.54, 1.807) is 16.8 Å². The lowest BCUT2D eigenvalue weighted by molar-refractivity contribution is -0.121. The van der Waals surface area contributed by atoms with Gasteiger partial charge in [-0.2, -0.15) is 9.50 Å². The molecule has 23 heavy (non-hydrogen) atoms. The van der Waals surface area contributed by atoms with E-state index in [1.807, 2.05) is 26.8 Å². The summed E-state index contributed by atoms with van der Waals surface area (Å²) in [6, 6.07) is 3.42. The van der Waals surface area contributed by atoms with Crippen LogP contribution in [0.4, 0.5) is 5.95 Å². The van der Waals surface area contributed by atoms with Crippen molar-refractivity contribution in [2.45, 2.75) is 33.2 Å². The summed E-state index contributed by atoms with van der Waals surface area (Å²) >= 11 is 0. The molecule has 3 aromatic rings. The monoisotopic (exact) mass is 314 g/mol. The van der Waals surface area contributed by atoms with Crippen LogP contribution in [-0.4, -0.2) is 25.5 Å². The third-order valence-corrected chi connectivity index (χ3v) is 3.75. The third-order valence-electron chi connectivity index (χ3n) is 3.75. The van der Waals surface area contributed by atoms with Crippen LogP contribution in [0, 0.1) is 13.8 Å². The van der Waals surface area contributed by atoms with Crippen molar-refractivity contribution in [3.63, 3.8) is 0 Å². The van der Waals surface area contributed by atoms with Crippen LogP contribution in [0.3, 0.4) is 0 Å². The molecule has 8 heteroatoms. The van der Waals surface area contributed by atoms with Crippen molar-refractivity contribution >= 4 is 17.6 Å². The zero-order valence-corrected chi connectivity index (χ0v) is 13.2. The minimum atomic E-state index is -0.197. The Morgan fingerprint density at radius 1 is 1.43 bits per heavy atom. The molecule has 0 aliphatic heterocycles. The minimum Gasteiger partial charge on any atom is -0.467 e. The number of carbonyl (C=O) groups is 1. The van der Waals surface area contributed by atoms with Gasteiger partial charge in [-0.1, -0.05) is 0 Å². The molecule has 8 nitrogen and oxygen atoms in total. The van der Waals surface area contributed by atoms with E-state index >= 15 is 0 Å². The Kier molecular flexibility index (Phi) is 3.73. The molecule has 120 valence electrons. The van der Waals surface area contributed by atoms with Gasteiger partial charge in [-0.25, -0.2) is 4.98 Å². The van der Waals surface area contributed by atoms with Crippen LogP contribution in [0.25, 0.3) is 5.78 Å². The van der Waals surface area contributed by atoms with Crippen LogP contribution in [-0.2, 0) is 11.2 Å². The highest BCUT2D eigenvalue weighted by atomic mass is 16.3. The fourth-order valence-electron chi connectivity index (χ4n) is 2.54. The van der Waals surface area contributed by atoms with Crippen molar-refractivity contribution in [2.75, 3.05) is 5.73 Å². The molecule has 1 unspecified atom stereocenters. The average molecular weight is 314 g/mol. The highest BCUT2D eigenvalue weighted by Crippen LogP contribution is 2.16. The first-order valence-corrected chi connectivity index (χ1v) is 7.27. The molecule has 0 saturated carbocycles. The maximum atomic E-state index is 12.3.